The van der Waals surface area contributed by atoms with Gasteiger partial charge in [-0.3, -0.25) is 0 Å². The quantitative estimate of drug-likeness (QED) is 0.705. The molecule has 1 atom stereocenters. The Hall–Kier alpha value is -0.500. The Kier molecular flexibility index (Phi) is 3.59. The molecule has 3 heteroatoms. The molecule has 1 heterocycles. The third kappa shape index (κ3) is 3.33. The topological polar surface area (TPSA) is 17.8 Å². The summed E-state index contributed by atoms with van der Waals surface area (Å²) in [5, 5.41) is 0.227. The molecule has 0 bridgehead atoms. The van der Waals surface area contributed by atoms with Crippen molar-refractivity contribution >= 4 is 11.6 Å². The number of aromatic nitrogens is 2. The van der Waals surface area contributed by atoms with Crippen LogP contribution in [0.4, 0.5) is 0 Å². The molecule has 0 saturated carbocycles. The minimum absolute atomic E-state index is 0.222. The summed E-state index contributed by atoms with van der Waals surface area (Å²) < 4.78 is 2.07. The molecule has 0 aliphatic heterocycles. The van der Waals surface area contributed by atoms with Crippen LogP contribution in [0.3, 0.4) is 0 Å². The monoisotopic (exact) mass is 214 g/mol. The molecule has 0 aliphatic carbocycles. The normalized spacial score (nSPS) is 14.4. The molecule has 80 valence electrons. The molecule has 0 amide bonds. The van der Waals surface area contributed by atoms with E-state index in [1.165, 1.54) is 0 Å². The van der Waals surface area contributed by atoms with E-state index in [4.69, 9.17) is 11.6 Å². The highest BCUT2D eigenvalue weighted by atomic mass is 35.5. The van der Waals surface area contributed by atoms with Crippen LogP contribution < -0.4 is 0 Å². The number of hydrogen-bond donors (Lipinski definition) is 0. The summed E-state index contributed by atoms with van der Waals surface area (Å²) in [5.41, 5.74) is 0.222. The predicted molar refractivity (Wildman–Crippen MR) is 60.6 cm³/mol. The molecule has 0 radical (unpaired) electrons. The lowest BCUT2D eigenvalue weighted by Crippen LogP contribution is -2.20. The first-order valence-electron chi connectivity index (χ1n) is 5.01. The van der Waals surface area contributed by atoms with Crippen molar-refractivity contribution in [3.8, 4) is 0 Å². The maximum atomic E-state index is 6.02. The third-order valence-corrected chi connectivity index (χ3v) is 2.55. The summed E-state index contributed by atoms with van der Waals surface area (Å²) in [6.07, 6.45) is 5.82. The van der Waals surface area contributed by atoms with E-state index >= 15 is 0 Å². The summed E-state index contributed by atoms with van der Waals surface area (Å²) in [6.45, 7) is 6.52. The van der Waals surface area contributed by atoms with Gasteiger partial charge in [-0.15, -0.1) is 11.6 Å². The first kappa shape index (κ1) is 11.6. The highest BCUT2D eigenvalue weighted by Gasteiger charge is 2.22. The van der Waals surface area contributed by atoms with Gasteiger partial charge in [0.15, 0.2) is 0 Å². The molecule has 0 aliphatic rings. The number of halogens is 1. The Morgan fingerprint density at radius 3 is 2.64 bits per heavy atom. The van der Waals surface area contributed by atoms with Gasteiger partial charge in [-0.2, -0.15) is 0 Å². The number of imidazole rings is 1. The van der Waals surface area contributed by atoms with E-state index < -0.39 is 0 Å². The van der Waals surface area contributed by atoms with Crippen LogP contribution in [-0.2, 0) is 13.5 Å². The Morgan fingerprint density at radius 1 is 1.57 bits per heavy atom. The van der Waals surface area contributed by atoms with Gasteiger partial charge in [0.25, 0.3) is 0 Å². The van der Waals surface area contributed by atoms with Gasteiger partial charge in [0, 0.05) is 31.2 Å². The maximum Gasteiger partial charge on any atom is 0.108 e. The molecule has 0 saturated heterocycles. The van der Waals surface area contributed by atoms with Crippen molar-refractivity contribution in [2.45, 2.75) is 39.0 Å². The van der Waals surface area contributed by atoms with Gasteiger partial charge in [-0.1, -0.05) is 13.8 Å². The van der Waals surface area contributed by atoms with E-state index in [2.05, 4.69) is 23.4 Å². The van der Waals surface area contributed by atoms with Crippen molar-refractivity contribution in [2.24, 2.45) is 12.5 Å². The molecule has 1 rings (SSSR count). The summed E-state index contributed by atoms with van der Waals surface area (Å²) in [6, 6.07) is 0. The lowest BCUT2D eigenvalue weighted by Gasteiger charge is -2.25. The van der Waals surface area contributed by atoms with Gasteiger partial charge in [0.2, 0.25) is 0 Å². The Balaban J connectivity index is 2.63. The average Bonchev–Trinajstić information content (AvgIpc) is 2.32. The Labute approximate surface area is 91.3 Å². The van der Waals surface area contributed by atoms with Crippen LogP contribution in [0.25, 0.3) is 0 Å². The minimum atomic E-state index is 0.222. The molecule has 14 heavy (non-hydrogen) atoms. The SMILES string of the molecule is CC(Cl)CC(C)(C)Cc1nccn1C. The second kappa shape index (κ2) is 4.35. The van der Waals surface area contributed by atoms with Gasteiger partial charge < -0.3 is 4.57 Å². The second-order valence-electron chi connectivity index (χ2n) is 4.78. The van der Waals surface area contributed by atoms with Crippen LogP contribution in [0.1, 0.15) is 33.0 Å². The smallest absolute Gasteiger partial charge is 0.108 e. The van der Waals surface area contributed by atoms with Crippen LogP contribution >= 0.6 is 11.6 Å². The van der Waals surface area contributed by atoms with Crippen molar-refractivity contribution in [1.82, 2.24) is 9.55 Å². The van der Waals surface area contributed by atoms with Crippen LogP contribution in [0.5, 0.6) is 0 Å². The third-order valence-electron chi connectivity index (χ3n) is 2.39. The molecular formula is C11H19ClN2. The molecule has 1 aromatic rings. The van der Waals surface area contributed by atoms with Crippen molar-refractivity contribution in [1.29, 1.82) is 0 Å². The lowest BCUT2D eigenvalue weighted by molar-refractivity contribution is 0.321. The van der Waals surface area contributed by atoms with E-state index in [0.29, 0.717) is 0 Å². The number of hydrogen-bond acceptors (Lipinski definition) is 1. The van der Waals surface area contributed by atoms with E-state index in [-0.39, 0.29) is 10.8 Å². The zero-order chi connectivity index (χ0) is 10.8. The Morgan fingerprint density at radius 2 is 2.21 bits per heavy atom. The highest BCUT2D eigenvalue weighted by Crippen LogP contribution is 2.28. The van der Waals surface area contributed by atoms with E-state index in [1.54, 1.807) is 0 Å². The summed E-state index contributed by atoms with van der Waals surface area (Å²) in [5.74, 6) is 1.13. The number of aryl methyl sites for hydroxylation is 1. The van der Waals surface area contributed by atoms with Crippen molar-refractivity contribution < 1.29 is 0 Å². The largest absolute Gasteiger partial charge is 0.338 e. The van der Waals surface area contributed by atoms with Gasteiger partial charge in [-0.05, 0) is 18.8 Å². The predicted octanol–water partition coefficient (Wildman–Crippen LogP) is 3.01. The van der Waals surface area contributed by atoms with Crippen LogP contribution in [-0.4, -0.2) is 14.9 Å². The van der Waals surface area contributed by atoms with Gasteiger partial charge in [-0.25, -0.2) is 4.98 Å². The molecule has 0 N–H and O–H groups in total. The highest BCUT2D eigenvalue weighted by molar-refractivity contribution is 6.20. The zero-order valence-corrected chi connectivity index (χ0v) is 10.2. The number of rotatable bonds is 4. The fourth-order valence-electron chi connectivity index (χ4n) is 1.83. The molecule has 0 spiro atoms. The molecule has 1 unspecified atom stereocenters. The second-order valence-corrected chi connectivity index (χ2v) is 5.53. The average molecular weight is 215 g/mol. The van der Waals surface area contributed by atoms with Crippen molar-refractivity contribution in [3.05, 3.63) is 18.2 Å². The molecule has 0 fully saturated rings. The lowest BCUT2D eigenvalue weighted by atomic mass is 9.84. The van der Waals surface area contributed by atoms with Crippen molar-refractivity contribution in [3.63, 3.8) is 0 Å². The number of nitrogens with zero attached hydrogens (tertiary/aromatic N) is 2. The minimum Gasteiger partial charge on any atom is -0.338 e. The van der Waals surface area contributed by atoms with Gasteiger partial charge in [0.05, 0.1) is 0 Å². The first-order valence-corrected chi connectivity index (χ1v) is 5.45. The fourth-order valence-corrected chi connectivity index (χ4v) is 2.25. The standard InChI is InChI=1S/C11H19ClN2/c1-9(12)7-11(2,3)8-10-13-5-6-14(10)4/h5-6,9H,7-8H2,1-4H3. The number of alkyl halides is 1. The van der Waals surface area contributed by atoms with Gasteiger partial charge >= 0.3 is 0 Å². The van der Waals surface area contributed by atoms with Crippen LogP contribution in [0.15, 0.2) is 12.4 Å². The molecule has 2 nitrogen and oxygen atoms in total. The zero-order valence-electron chi connectivity index (χ0n) is 9.42. The first-order chi connectivity index (χ1) is 6.41. The summed E-state index contributed by atoms with van der Waals surface area (Å²) in [4.78, 5) is 4.33. The molecule has 1 aromatic heterocycles. The van der Waals surface area contributed by atoms with E-state index in [9.17, 15) is 0 Å². The summed E-state index contributed by atoms with van der Waals surface area (Å²) >= 11 is 6.02. The molecular weight excluding hydrogens is 196 g/mol. The Bertz CT molecular complexity index is 289. The van der Waals surface area contributed by atoms with E-state index in [1.807, 2.05) is 26.4 Å². The van der Waals surface area contributed by atoms with Crippen molar-refractivity contribution in [2.75, 3.05) is 0 Å². The van der Waals surface area contributed by atoms with Gasteiger partial charge in [0.1, 0.15) is 5.82 Å². The van der Waals surface area contributed by atoms with E-state index in [0.717, 1.165) is 18.7 Å². The maximum absolute atomic E-state index is 6.02. The van der Waals surface area contributed by atoms with Crippen LogP contribution in [0.2, 0.25) is 0 Å². The molecule has 0 aromatic carbocycles. The fraction of sp³-hybridized carbons (Fsp3) is 0.727. The van der Waals surface area contributed by atoms with Crippen LogP contribution in [0, 0.1) is 5.41 Å². The summed E-state index contributed by atoms with van der Waals surface area (Å²) in [7, 11) is 2.03.